The Bertz CT molecular complexity index is 950. The Kier molecular flexibility index (Phi) is 3.34. The smallest absolute Gasteiger partial charge is 0.344 e. The van der Waals surface area contributed by atoms with Crippen LogP contribution in [0.1, 0.15) is 19.4 Å². The summed E-state index contributed by atoms with van der Waals surface area (Å²) < 4.78 is 22.6. The van der Waals surface area contributed by atoms with Crippen LogP contribution in [0.4, 0.5) is 0 Å². The standard InChI is InChI=1S/C19H20N4O4/c1-11-8-26-19(27-11)18(10-21)16(2,17(18,9-20)15(22)23-19)12-5-6-13(24-3)14(7-12)25-4/h5-7,11H,8H2,1-4H3,(H2,22,23)/p+1/t11-,16+,17+,18-,19+/m1/s1. The Morgan fingerprint density at radius 3 is 2.44 bits per heavy atom. The van der Waals surface area contributed by atoms with E-state index in [2.05, 4.69) is 17.1 Å². The van der Waals surface area contributed by atoms with Crippen LogP contribution in [0.5, 0.6) is 11.5 Å². The first kappa shape index (κ1) is 17.6. The molecule has 2 fully saturated rings. The lowest BCUT2D eigenvalue weighted by Gasteiger charge is -2.28. The highest BCUT2D eigenvalue weighted by molar-refractivity contribution is 5.97. The van der Waals surface area contributed by atoms with Gasteiger partial charge in [-0.25, -0.2) is 4.99 Å². The van der Waals surface area contributed by atoms with Gasteiger partial charge in [0.15, 0.2) is 22.3 Å². The molecule has 140 valence electrons. The molecule has 27 heavy (non-hydrogen) atoms. The van der Waals surface area contributed by atoms with Crippen LogP contribution in [0, 0.1) is 33.5 Å². The van der Waals surface area contributed by atoms with Gasteiger partial charge >= 0.3 is 5.91 Å². The van der Waals surface area contributed by atoms with Gasteiger partial charge in [-0.15, -0.1) is 0 Å². The van der Waals surface area contributed by atoms with Crippen molar-refractivity contribution in [2.45, 2.75) is 31.3 Å². The minimum atomic E-state index is -1.47. The van der Waals surface area contributed by atoms with Gasteiger partial charge in [0.2, 0.25) is 0 Å². The van der Waals surface area contributed by atoms with Crippen molar-refractivity contribution >= 4 is 5.84 Å². The molecule has 0 amide bonds. The molecule has 1 saturated heterocycles. The van der Waals surface area contributed by atoms with Gasteiger partial charge in [-0.1, -0.05) is 13.0 Å². The average molecular weight is 369 g/mol. The van der Waals surface area contributed by atoms with E-state index >= 15 is 0 Å². The van der Waals surface area contributed by atoms with E-state index in [4.69, 9.17) is 24.7 Å². The van der Waals surface area contributed by atoms with Crippen LogP contribution in [-0.4, -0.2) is 38.7 Å². The van der Waals surface area contributed by atoms with Crippen LogP contribution in [0.2, 0.25) is 0 Å². The lowest BCUT2D eigenvalue weighted by Crippen LogP contribution is -2.90. The van der Waals surface area contributed by atoms with Crippen LogP contribution in [-0.2, 0) is 14.9 Å². The fraction of sp³-hybridized carbons (Fsp3) is 0.526. The summed E-state index contributed by atoms with van der Waals surface area (Å²) in [6.45, 7) is 3.99. The number of rotatable bonds is 3. The molecule has 1 saturated carbocycles. The normalized spacial score (nSPS) is 41.4. The highest BCUT2D eigenvalue weighted by atomic mass is 16.8. The van der Waals surface area contributed by atoms with Crippen LogP contribution in [0.15, 0.2) is 18.2 Å². The predicted octanol–water partition coefficient (Wildman–Crippen LogP) is -0.464. The summed E-state index contributed by atoms with van der Waals surface area (Å²) in [4.78, 5) is 2.97. The minimum Gasteiger partial charge on any atom is -0.493 e. The number of fused-ring (bicyclic) bond motifs is 2. The molecule has 0 bridgehead atoms. The van der Waals surface area contributed by atoms with E-state index in [0.29, 0.717) is 18.1 Å². The molecule has 3 aliphatic rings. The van der Waals surface area contributed by atoms with Gasteiger partial charge in [-0.3, -0.25) is 5.73 Å². The molecular weight excluding hydrogens is 348 g/mol. The SMILES string of the molecule is COc1ccc([C@@]2(C)[C@]3(C#N)C(N)=[NH+][C@]4(OC[C@@H](C)O4)[C@@]32C#N)cc1OC. The van der Waals surface area contributed by atoms with Crippen molar-refractivity contribution in [2.75, 3.05) is 20.8 Å². The second-order valence-electron chi connectivity index (χ2n) is 7.31. The molecule has 8 nitrogen and oxygen atoms in total. The van der Waals surface area contributed by atoms with Gasteiger partial charge in [0.1, 0.15) is 0 Å². The minimum absolute atomic E-state index is 0.179. The molecule has 1 aromatic rings. The number of nitriles is 2. The largest absolute Gasteiger partial charge is 0.493 e. The number of ether oxygens (including phenoxy) is 4. The highest BCUT2D eigenvalue weighted by Gasteiger charge is 3.03. The third-order valence-electron chi connectivity index (χ3n) is 6.38. The summed E-state index contributed by atoms with van der Waals surface area (Å²) in [6.07, 6.45) is -0.236. The van der Waals surface area contributed by atoms with Crippen molar-refractivity contribution in [3.63, 3.8) is 0 Å². The van der Waals surface area contributed by atoms with Crippen LogP contribution < -0.4 is 20.2 Å². The Morgan fingerprint density at radius 2 is 1.93 bits per heavy atom. The van der Waals surface area contributed by atoms with Crippen LogP contribution in [0.25, 0.3) is 0 Å². The van der Waals surface area contributed by atoms with E-state index < -0.39 is 22.2 Å². The molecule has 1 aromatic carbocycles. The quantitative estimate of drug-likeness (QED) is 0.738. The maximum Gasteiger partial charge on any atom is 0.344 e. The number of amidine groups is 1. The molecular formula is C19H21N4O4+. The zero-order valence-corrected chi connectivity index (χ0v) is 15.6. The van der Waals surface area contributed by atoms with E-state index in [0.717, 1.165) is 5.56 Å². The lowest BCUT2D eigenvalue weighted by molar-refractivity contribution is -0.679. The van der Waals surface area contributed by atoms with E-state index in [1.807, 2.05) is 19.9 Å². The molecule has 2 heterocycles. The summed E-state index contributed by atoms with van der Waals surface area (Å²) in [7, 11) is 3.08. The molecule has 0 aromatic heterocycles. The number of benzene rings is 1. The fourth-order valence-electron chi connectivity index (χ4n) is 5.08. The maximum atomic E-state index is 10.3. The fourth-order valence-corrected chi connectivity index (χ4v) is 5.08. The molecule has 5 atom stereocenters. The van der Waals surface area contributed by atoms with Gasteiger partial charge in [-0.05, 0) is 24.6 Å². The van der Waals surface area contributed by atoms with Crippen molar-refractivity contribution in [1.82, 2.24) is 0 Å². The van der Waals surface area contributed by atoms with Crippen LogP contribution in [0.3, 0.4) is 0 Å². The topological polar surface area (TPSA) is 124 Å². The highest BCUT2D eigenvalue weighted by Crippen LogP contribution is 2.82. The number of hydrogen-bond donors (Lipinski definition) is 2. The zero-order chi connectivity index (χ0) is 19.7. The third-order valence-corrected chi connectivity index (χ3v) is 6.38. The summed E-state index contributed by atoms with van der Waals surface area (Å²) in [6, 6.07) is 9.97. The Labute approximate surface area is 157 Å². The maximum absolute atomic E-state index is 10.3. The Balaban J connectivity index is 1.96. The number of methoxy groups -OCH3 is 2. The molecule has 8 heteroatoms. The molecule has 0 unspecified atom stereocenters. The molecule has 2 aliphatic heterocycles. The first-order chi connectivity index (χ1) is 12.8. The van der Waals surface area contributed by atoms with Crippen molar-refractivity contribution in [3.05, 3.63) is 23.8 Å². The van der Waals surface area contributed by atoms with Crippen molar-refractivity contribution in [3.8, 4) is 23.6 Å². The van der Waals surface area contributed by atoms with Crippen molar-refractivity contribution < 1.29 is 23.9 Å². The summed E-state index contributed by atoms with van der Waals surface area (Å²) in [5, 5.41) is 20.4. The number of hydrogen-bond acceptors (Lipinski definition) is 7. The lowest BCUT2D eigenvalue weighted by atomic mass is 9.84. The third kappa shape index (κ3) is 1.54. The first-order valence-corrected chi connectivity index (χ1v) is 8.62. The number of nitrogens with two attached hydrogens (primary N) is 1. The van der Waals surface area contributed by atoms with Gasteiger partial charge in [0.05, 0.1) is 44.5 Å². The Hall–Kier alpha value is -2.81. The van der Waals surface area contributed by atoms with Gasteiger partial charge < -0.3 is 18.9 Å². The monoisotopic (exact) mass is 369 g/mol. The second-order valence-corrected chi connectivity index (χ2v) is 7.31. The predicted molar refractivity (Wildman–Crippen MR) is 92.4 cm³/mol. The molecule has 1 aliphatic carbocycles. The molecule has 3 N–H and O–H groups in total. The summed E-state index contributed by atoms with van der Waals surface area (Å²) >= 11 is 0. The van der Waals surface area contributed by atoms with E-state index in [1.165, 1.54) is 7.11 Å². The van der Waals surface area contributed by atoms with Gasteiger partial charge in [0.25, 0.3) is 5.84 Å². The number of nitrogens with zero attached hydrogens (tertiary/aromatic N) is 2. The number of nitrogens with one attached hydrogen (secondary N) is 1. The van der Waals surface area contributed by atoms with E-state index in [1.54, 1.807) is 19.2 Å². The van der Waals surface area contributed by atoms with Gasteiger partial charge in [0, 0.05) is 0 Å². The second kappa shape index (κ2) is 5.13. The van der Waals surface area contributed by atoms with E-state index in [-0.39, 0.29) is 11.9 Å². The van der Waals surface area contributed by atoms with Crippen LogP contribution >= 0.6 is 0 Å². The summed E-state index contributed by atoms with van der Waals surface area (Å²) in [5.74, 6) is -0.231. The molecule has 4 rings (SSSR count). The van der Waals surface area contributed by atoms with E-state index in [9.17, 15) is 10.5 Å². The van der Waals surface area contributed by atoms with Crippen molar-refractivity contribution in [1.29, 1.82) is 10.5 Å². The van der Waals surface area contributed by atoms with Gasteiger partial charge in [-0.2, -0.15) is 10.5 Å². The summed E-state index contributed by atoms with van der Waals surface area (Å²) in [5.41, 5.74) is 3.37. The Morgan fingerprint density at radius 1 is 1.22 bits per heavy atom. The molecule has 1 spiro atoms. The zero-order valence-electron chi connectivity index (χ0n) is 15.6. The molecule has 0 radical (unpaired) electrons. The van der Waals surface area contributed by atoms with Crippen molar-refractivity contribution in [2.24, 2.45) is 16.6 Å². The average Bonchev–Trinajstić information content (AvgIpc) is 2.85. The first-order valence-electron chi connectivity index (χ1n) is 8.62.